The predicted molar refractivity (Wildman–Crippen MR) is 58.2 cm³/mol. The first-order valence-electron chi connectivity index (χ1n) is 4.71. The van der Waals surface area contributed by atoms with Crippen LogP contribution >= 0.6 is 11.3 Å². The zero-order valence-corrected chi connectivity index (χ0v) is 9.35. The van der Waals surface area contributed by atoms with Crippen LogP contribution in [0.5, 0.6) is 0 Å². The highest BCUT2D eigenvalue weighted by Gasteiger charge is 2.30. The topological polar surface area (TPSA) is 51.8 Å². The lowest BCUT2D eigenvalue weighted by atomic mass is 10.1. The second-order valence-corrected chi connectivity index (χ2v) is 4.35. The number of hydrogen-bond acceptors (Lipinski definition) is 4. The maximum absolute atomic E-state index is 12.5. The summed E-state index contributed by atoms with van der Waals surface area (Å²) in [5.74, 6) is 0. The first-order valence-corrected chi connectivity index (χ1v) is 5.52. The molecule has 17 heavy (non-hydrogen) atoms. The molecule has 2 N–H and O–H groups in total. The van der Waals surface area contributed by atoms with E-state index in [4.69, 9.17) is 5.73 Å². The van der Waals surface area contributed by atoms with Crippen LogP contribution in [0, 0.1) is 0 Å². The highest BCUT2D eigenvalue weighted by molar-refractivity contribution is 7.14. The molecule has 7 heteroatoms. The molecule has 3 nitrogen and oxygen atoms in total. The van der Waals surface area contributed by atoms with Crippen LogP contribution in [0.15, 0.2) is 24.3 Å². The Balaban J connectivity index is 2.39. The third-order valence-corrected chi connectivity index (χ3v) is 3.07. The van der Waals surface area contributed by atoms with Gasteiger partial charge >= 0.3 is 6.18 Å². The first-order chi connectivity index (χ1) is 8.00. The van der Waals surface area contributed by atoms with E-state index in [2.05, 4.69) is 10.2 Å². The van der Waals surface area contributed by atoms with E-state index in [0.29, 0.717) is 15.6 Å². The van der Waals surface area contributed by atoms with Gasteiger partial charge in [0.05, 0.1) is 5.56 Å². The third kappa shape index (κ3) is 2.62. The number of alkyl halides is 3. The number of nitrogens with zero attached hydrogens (tertiary/aromatic N) is 2. The molecule has 0 bridgehead atoms. The molecule has 2 aromatic rings. The molecule has 0 atom stereocenters. The Hall–Kier alpha value is -1.47. The standard InChI is InChI=1S/C10H8F3N3S/c11-10(12,13)7-3-1-2-6(4-7)9-16-15-8(5-14)17-9/h1-4H,5,14H2. The van der Waals surface area contributed by atoms with Crippen molar-refractivity contribution in [3.8, 4) is 10.6 Å². The fraction of sp³-hybridized carbons (Fsp3) is 0.200. The van der Waals surface area contributed by atoms with Gasteiger partial charge in [-0.05, 0) is 12.1 Å². The quantitative estimate of drug-likeness (QED) is 0.902. The Morgan fingerprint density at radius 3 is 2.59 bits per heavy atom. The molecule has 0 aliphatic carbocycles. The van der Waals surface area contributed by atoms with Crippen molar-refractivity contribution in [1.29, 1.82) is 0 Å². The van der Waals surface area contributed by atoms with Gasteiger partial charge in [-0.1, -0.05) is 23.5 Å². The largest absolute Gasteiger partial charge is 0.416 e. The van der Waals surface area contributed by atoms with Crippen molar-refractivity contribution in [2.24, 2.45) is 5.73 Å². The normalized spacial score (nSPS) is 11.8. The van der Waals surface area contributed by atoms with E-state index in [-0.39, 0.29) is 6.54 Å². The molecule has 0 saturated heterocycles. The molecule has 0 aliphatic rings. The average molecular weight is 259 g/mol. The highest BCUT2D eigenvalue weighted by atomic mass is 32.1. The van der Waals surface area contributed by atoms with Gasteiger partial charge < -0.3 is 5.73 Å². The maximum atomic E-state index is 12.5. The molecule has 1 aromatic heterocycles. The van der Waals surface area contributed by atoms with Crippen LogP contribution in [-0.4, -0.2) is 10.2 Å². The Morgan fingerprint density at radius 2 is 2.00 bits per heavy atom. The zero-order chi connectivity index (χ0) is 12.5. The van der Waals surface area contributed by atoms with Crippen LogP contribution in [0.25, 0.3) is 10.6 Å². The van der Waals surface area contributed by atoms with Crippen LogP contribution in [0.2, 0.25) is 0 Å². The SMILES string of the molecule is NCc1nnc(-c2cccc(C(F)(F)F)c2)s1. The van der Waals surface area contributed by atoms with Gasteiger partial charge in [-0.2, -0.15) is 13.2 Å². The Labute approximate surface area is 99.1 Å². The number of halogens is 3. The Kier molecular flexibility index (Phi) is 3.12. The average Bonchev–Trinajstić information content (AvgIpc) is 2.76. The van der Waals surface area contributed by atoms with Crippen molar-refractivity contribution in [1.82, 2.24) is 10.2 Å². The van der Waals surface area contributed by atoms with Crippen LogP contribution in [0.4, 0.5) is 13.2 Å². The van der Waals surface area contributed by atoms with E-state index in [9.17, 15) is 13.2 Å². The smallest absolute Gasteiger partial charge is 0.324 e. The van der Waals surface area contributed by atoms with Crippen molar-refractivity contribution in [3.63, 3.8) is 0 Å². The lowest BCUT2D eigenvalue weighted by molar-refractivity contribution is -0.137. The molecule has 0 fully saturated rings. The van der Waals surface area contributed by atoms with Crippen LogP contribution in [0.3, 0.4) is 0 Å². The Bertz CT molecular complexity index is 522. The fourth-order valence-electron chi connectivity index (χ4n) is 1.28. The molecule has 1 aromatic carbocycles. The highest BCUT2D eigenvalue weighted by Crippen LogP contribution is 2.32. The number of nitrogens with two attached hydrogens (primary N) is 1. The van der Waals surface area contributed by atoms with Gasteiger partial charge in [-0.25, -0.2) is 0 Å². The van der Waals surface area contributed by atoms with Gasteiger partial charge in [-0.15, -0.1) is 10.2 Å². The second kappa shape index (κ2) is 4.42. The van der Waals surface area contributed by atoms with E-state index in [1.54, 1.807) is 6.07 Å². The monoisotopic (exact) mass is 259 g/mol. The molecule has 2 rings (SSSR count). The van der Waals surface area contributed by atoms with E-state index in [0.717, 1.165) is 12.1 Å². The molecule has 90 valence electrons. The summed E-state index contributed by atoms with van der Waals surface area (Å²) in [4.78, 5) is 0. The number of benzene rings is 1. The van der Waals surface area contributed by atoms with Crippen molar-refractivity contribution in [2.45, 2.75) is 12.7 Å². The van der Waals surface area contributed by atoms with E-state index >= 15 is 0 Å². The first kappa shape index (κ1) is 12.0. The summed E-state index contributed by atoms with van der Waals surface area (Å²) < 4.78 is 37.5. The van der Waals surface area contributed by atoms with Gasteiger partial charge in [0.25, 0.3) is 0 Å². The maximum Gasteiger partial charge on any atom is 0.416 e. The minimum absolute atomic E-state index is 0.233. The molecular formula is C10H8F3N3S. The van der Waals surface area contributed by atoms with Gasteiger partial charge in [0.1, 0.15) is 10.0 Å². The summed E-state index contributed by atoms with van der Waals surface area (Å²) >= 11 is 1.19. The van der Waals surface area contributed by atoms with Gasteiger partial charge in [0, 0.05) is 12.1 Å². The summed E-state index contributed by atoms with van der Waals surface area (Å²) in [5, 5.41) is 8.60. The number of aromatic nitrogens is 2. The van der Waals surface area contributed by atoms with E-state index in [1.807, 2.05) is 0 Å². The van der Waals surface area contributed by atoms with E-state index in [1.165, 1.54) is 17.4 Å². The van der Waals surface area contributed by atoms with Crippen molar-refractivity contribution in [3.05, 3.63) is 34.8 Å². The van der Waals surface area contributed by atoms with Crippen molar-refractivity contribution >= 4 is 11.3 Å². The summed E-state index contributed by atoms with van der Waals surface area (Å²) in [6.07, 6.45) is -4.35. The number of rotatable bonds is 2. The molecular weight excluding hydrogens is 251 g/mol. The summed E-state index contributed by atoms with van der Waals surface area (Å²) in [6.45, 7) is 0.233. The van der Waals surface area contributed by atoms with Crippen LogP contribution in [0.1, 0.15) is 10.6 Å². The predicted octanol–water partition coefficient (Wildman–Crippen LogP) is 2.68. The summed E-state index contributed by atoms with van der Waals surface area (Å²) in [6, 6.07) is 4.99. The minimum atomic E-state index is -4.35. The molecule has 0 radical (unpaired) electrons. The van der Waals surface area contributed by atoms with E-state index < -0.39 is 11.7 Å². The third-order valence-electron chi connectivity index (χ3n) is 2.08. The van der Waals surface area contributed by atoms with Gasteiger partial charge in [0.2, 0.25) is 0 Å². The molecule has 0 saturated carbocycles. The minimum Gasteiger partial charge on any atom is -0.324 e. The fourth-order valence-corrected chi connectivity index (χ4v) is 2.00. The summed E-state index contributed by atoms with van der Waals surface area (Å²) in [5.41, 5.74) is 5.07. The molecule has 0 amide bonds. The number of hydrogen-bond donors (Lipinski definition) is 1. The van der Waals surface area contributed by atoms with Crippen LogP contribution < -0.4 is 5.73 Å². The van der Waals surface area contributed by atoms with Crippen molar-refractivity contribution in [2.75, 3.05) is 0 Å². The molecule has 0 spiro atoms. The Morgan fingerprint density at radius 1 is 1.24 bits per heavy atom. The van der Waals surface area contributed by atoms with Gasteiger partial charge in [0.15, 0.2) is 0 Å². The summed E-state index contributed by atoms with van der Waals surface area (Å²) in [7, 11) is 0. The lowest BCUT2D eigenvalue weighted by Gasteiger charge is -2.06. The van der Waals surface area contributed by atoms with Crippen molar-refractivity contribution < 1.29 is 13.2 Å². The molecule has 1 heterocycles. The zero-order valence-electron chi connectivity index (χ0n) is 8.53. The second-order valence-electron chi connectivity index (χ2n) is 3.28. The van der Waals surface area contributed by atoms with Gasteiger partial charge in [-0.3, -0.25) is 0 Å². The lowest BCUT2D eigenvalue weighted by Crippen LogP contribution is -2.04. The molecule has 0 unspecified atom stereocenters. The van der Waals surface area contributed by atoms with Crippen LogP contribution in [-0.2, 0) is 12.7 Å². The molecule has 0 aliphatic heterocycles.